The molecular weight excluding hydrogens is 244 g/mol. The maximum Gasteiger partial charge on any atom is 0.317 e. The van der Waals surface area contributed by atoms with Gasteiger partial charge in [0.25, 0.3) is 0 Å². The maximum absolute atomic E-state index is 10.5. The van der Waals surface area contributed by atoms with Crippen LogP contribution in [0, 0.1) is 5.92 Å². The van der Waals surface area contributed by atoms with Gasteiger partial charge in [-0.15, -0.1) is 0 Å². The monoisotopic (exact) mass is 266 g/mol. The third kappa shape index (κ3) is 4.65. The molecule has 1 aromatic heterocycles. The molecule has 6 nitrogen and oxygen atoms in total. The highest BCUT2D eigenvalue weighted by atomic mass is 16.4. The van der Waals surface area contributed by atoms with Gasteiger partial charge in [0.2, 0.25) is 0 Å². The molecule has 2 rings (SSSR count). The zero-order valence-corrected chi connectivity index (χ0v) is 11.4. The number of carboxylic acids is 1. The number of nitrogens with zero attached hydrogens (tertiary/aromatic N) is 3. The van der Waals surface area contributed by atoms with Crippen molar-refractivity contribution in [1.82, 2.24) is 20.0 Å². The average molecular weight is 266 g/mol. The summed E-state index contributed by atoms with van der Waals surface area (Å²) in [7, 11) is 1.93. The van der Waals surface area contributed by atoms with Crippen molar-refractivity contribution in [2.45, 2.75) is 19.4 Å². The number of piperidine rings is 1. The number of carbonyl (C=O) groups is 1. The van der Waals surface area contributed by atoms with Gasteiger partial charge in [0, 0.05) is 26.3 Å². The molecule has 2 heterocycles. The van der Waals surface area contributed by atoms with Crippen molar-refractivity contribution in [2.75, 3.05) is 26.2 Å². The van der Waals surface area contributed by atoms with E-state index in [1.165, 1.54) is 12.8 Å². The first-order chi connectivity index (χ1) is 9.13. The van der Waals surface area contributed by atoms with Gasteiger partial charge in [-0.2, -0.15) is 5.10 Å². The van der Waals surface area contributed by atoms with Crippen molar-refractivity contribution < 1.29 is 9.90 Å². The van der Waals surface area contributed by atoms with Gasteiger partial charge in [0.15, 0.2) is 0 Å². The molecule has 0 radical (unpaired) electrons. The van der Waals surface area contributed by atoms with E-state index in [0.29, 0.717) is 5.92 Å². The Morgan fingerprint density at radius 3 is 3.16 bits per heavy atom. The van der Waals surface area contributed by atoms with Gasteiger partial charge in [0.05, 0.1) is 12.2 Å². The molecular formula is C13H22N4O2. The molecule has 0 saturated carbocycles. The second-order valence-electron chi connectivity index (χ2n) is 5.25. The van der Waals surface area contributed by atoms with E-state index in [1.807, 2.05) is 24.0 Å². The van der Waals surface area contributed by atoms with Crippen LogP contribution in [0.2, 0.25) is 0 Å². The fourth-order valence-electron chi connectivity index (χ4n) is 2.62. The van der Waals surface area contributed by atoms with Crippen LogP contribution < -0.4 is 5.32 Å². The molecule has 1 aromatic rings. The minimum Gasteiger partial charge on any atom is -0.480 e. The van der Waals surface area contributed by atoms with Crippen LogP contribution >= 0.6 is 0 Å². The van der Waals surface area contributed by atoms with Gasteiger partial charge in [-0.05, 0) is 37.9 Å². The Hall–Kier alpha value is -1.40. The molecule has 1 unspecified atom stereocenters. The molecule has 19 heavy (non-hydrogen) atoms. The van der Waals surface area contributed by atoms with Crippen LogP contribution in [-0.2, 0) is 18.4 Å². The molecule has 1 saturated heterocycles. The minimum atomic E-state index is -0.791. The zero-order chi connectivity index (χ0) is 13.7. The van der Waals surface area contributed by atoms with Crippen molar-refractivity contribution in [1.29, 1.82) is 0 Å². The molecule has 0 amide bonds. The van der Waals surface area contributed by atoms with Crippen LogP contribution in [0.15, 0.2) is 12.3 Å². The first-order valence-electron chi connectivity index (χ1n) is 6.77. The quantitative estimate of drug-likeness (QED) is 0.775. The van der Waals surface area contributed by atoms with Crippen molar-refractivity contribution in [3.8, 4) is 0 Å². The SMILES string of the molecule is Cn1ccc(CN2CCCC(CNCC(=O)O)C2)n1. The third-order valence-corrected chi connectivity index (χ3v) is 3.47. The van der Waals surface area contributed by atoms with Crippen molar-refractivity contribution in [2.24, 2.45) is 13.0 Å². The number of aromatic nitrogens is 2. The van der Waals surface area contributed by atoms with Crippen LogP contribution in [0.5, 0.6) is 0 Å². The predicted octanol–water partition coefficient (Wildman–Crippen LogP) is 0.306. The van der Waals surface area contributed by atoms with Gasteiger partial charge in [-0.1, -0.05) is 0 Å². The highest BCUT2D eigenvalue weighted by Gasteiger charge is 2.20. The normalized spacial score (nSPS) is 20.6. The molecule has 0 aliphatic carbocycles. The van der Waals surface area contributed by atoms with E-state index in [1.54, 1.807) is 0 Å². The van der Waals surface area contributed by atoms with Crippen LogP contribution in [-0.4, -0.2) is 51.9 Å². The zero-order valence-electron chi connectivity index (χ0n) is 11.4. The summed E-state index contributed by atoms with van der Waals surface area (Å²) in [5.74, 6) is -0.252. The summed E-state index contributed by atoms with van der Waals surface area (Å²) in [5, 5.41) is 16.0. The predicted molar refractivity (Wildman–Crippen MR) is 71.7 cm³/mol. The lowest BCUT2D eigenvalue weighted by Gasteiger charge is -2.32. The third-order valence-electron chi connectivity index (χ3n) is 3.47. The Bertz CT molecular complexity index is 419. The Morgan fingerprint density at radius 2 is 2.47 bits per heavy atom. The molecule has 0 aromatic carbocycles. The fraction of sp³-hybridized carbons (Fsp3) is 0.692. The number of rotatable bonds is 6. The molecule has 106 valence electrons. The lowest BCUT2D eigenvalue weighted by Crippen LogP contribution is -2.40. The molecule has 2 N–H and O–H groups in total. The number of carboxylic acid groups (broad SMARTS) is 1. The van der Waals surface area contributed by atoms with Gasteiger partial charge in [-0.25, -0.2) is 0 Å². The summed E-state index contributed by atoms with van der Waals surface area (Å²) in [6.45, 7) is 3.84. The van der Waals surface area contributed by atoms with Crippen LogP contribution in [0.25, 0.3) is 0 Å². The number of aryl methyl sites for hydroxylation is 1. The van der Waals surface area contributed by atoms with E-state index in [2.05, 4.69) is 15.3 Å². The summed E-state index contributed by atoms with van der Waals surface area (Å²) in [6, 6.07) is 2.05. The molecule has 1 fully saturated rings. The van der Waals surface area contributed by atoms with Crippen LogP contribution in [0.1, 0.15) is 18.5 Å². The van der Waals surface area contributed by atoms with Crippen LogP contribution in [0.4, 0.5) is 0 Å². The fourth-order valence-corrected chi connectivity index (χ4v) is 2.62. The van der Waals surface area contributed by atoms with E-state index in [0.717, 1.165) is 31.9 Å². The number of nitrogens with one attached hydrogen (secondary N) is 1. The number of likely N-dealkylation sites (tertiary alicyclic amines) is 1. The van der Waals surface area contributed by atoms with E-state index in [9.17, 15) is 4.79 Å². The van der Waals surface area contributed by atoms with E-state index < -0.39 is 5.97 Å². The summed E-state index contributed by atoms with van der Waals surface area (Å²) < 4.78 is 1.82. The van der Waals surface area contributed by atoms with Gasteiger partial charge in [0.1, 0.15) is 0 Å². The second-order valence-corrected chi connectivity index (χ2v) is 5.25. The standard InChI is InChI=1S/C13H22N4O2/c1-16-6-4-12(15-16)10-17-5-2-3-11(9-17)7-14-8-13(18)19/h4,6,11,14H,2-3,5,7-10H2,1H3,(H,18,19). The van der Waals surface area contributed by atoms with Crippen LogP contribution in [0.3, 0.4) is 0 Å². The number of aliphatic carboxylic acids is 1. The minimum absolute atomic E-state index is 0.0523. The highest BCUT2D eigenvalue weighted by molar-refractivity contribution is 5.68. The van der Waals surface area contributed by atoms with Crippen molar-refractivity contribution in [3.05, 3.63) is 18.0 Å². The van der Waals surface area contributed by atoms with E-state index in [-0.39, 0.29) is 6.54 Å². The summed E-state index contributed by atoms with van der Waals surface area (Å²) >= 11 is 0. The average Bonchev–Trinajstić information content (AvgIpc) is 2.75. The topological polar surface area (TPSA) is 70.4 Å². The number of hydrogen-bond acceptors (Lipinski definition) is 4. The molecule has 0 spiro atoms. The summed E-state index contributed by atoms with van der Waals surface area (Å²) in [6.07, 6.45) is 4.31. The lowest BCUT2D eigenvalue weighted by molar-refractivity contribution is -0.136. The van der Waals surface area contributed by atoms with Gasteiger partial charge in [-0.3, -0.25) is 14.4 Å². The smallest absolute Gasteiger partial charge is 0.317 e. The molecule has 6 heteroatoms. The molecule has 1 aliphatic rings. The Morgan fingerprint density at radius 1 is 1.63 bits per heavy atom. The lowest BCUT2D eigenvalue weighted by atomic mass is 9.98. The van der Waals surface area contributed by atoms with Gasteiger partial charge >= 0.3 is 5.97 Å². The number of hydrogen-bond donors (Lipinski definition) is 2. The largest absolute Gasteiger partial charge is 0.480 e. The van der Waals surface area contributed by atoms with E-state index >= 15 is 0 Å². The Labute approximate surface area is 113 Å². The van der Waals surface area contributed by atoms with Crippen molar-refractivity contribution >= 4 is 5.97 Å². The van der Waals surface area contributed by atoms with E-state index in [4.69, 9.17) is 5.11 Å². The second kappa shape index (κ2) is 6.68. The molecule has 0 bridgehead atoms. The molecule has 1 aliphatic heterocycles. The first kappa shape index (κ1) is 14.0. The summed E-state index contributed by atoms with van der Waals surface area (Å²) in [4.78, 5) is 12.9. The highest BCUT2D eigenvalue weighted by Crippen LogP contribution is 2.17. The Kier molecular flexibility index (Phi) is 4.93. The Balaban J connectivity index is 1.75. The van der Waals surface area contributed by atoms with Crippen molar-refractivity contribution in [3.63, 3.8) is 0 Å². The molecule has 1 atom stereocenters. The van der Waals surface area contributed by atoms with Gasteiger partial charge < -0.3 is 10.4 Å². The summed E-state index contributed by atoms with van der Waals surface area (Å²) in [5.41, 5.74) is 1.10. The maximum atomic E-state index is 10.5. The first-order valence-corrected chi connectivity index (χ1v) is 6.77.